The molecule has 0 unspecified atom stereocenters. The SMILES string of the molecule is O=C(O)CN1CC[N-]CC[N-]CCN(CC(=O)O)CC1.[Mn]. The minimum atomic E-state index is -0.878. The zero-order valence-corrected chi connectivity index (χ0v) is 13.1. The molecule has 1 aliphatic rings. The van der Waals surface area contributed by atoms with Crippen LogP contribution in [-0.2, 0) is 26.7 Å². The minimum absolute atomic E-state index is 0. The van der Waals surface area contributed by atoms with Crippen molar-refractivity contribution >= 4 is 11.9 Å². The molecule has 0 aromatic heterocycles. The summed E-state index contributed by atoms with van der Waals surface area (Å²) in [5, 5.41) is 26.3. The molecule has 0 spiro atoms. The maximum absolute atomic E-state index is 10.8. The van der Waals surface area contributed by atoms with Crippen molar-refractivity contribution in [3.05, 3.63) is 10.6 Å². The molecule has 0 atom stereocenters. The van der Waals surface area contributed by atoms with Gasteiger partial charge >= 0.3 is 11.9 Å². The number of carboxylic acids is 2. The molecule has 1 heterocycles. The molecular formula is C12H22MnN4O4-2. The van der Waals surface area contributed by atoms with Crippen molar-refractivity contribution in [3.8, 4) is 0 Å². The minimum Gasteiger partial charge on any atom is -0.663 e. The van der Waals surface area contributed by atoms with Gasteiger partial charge in [0.2, 0.25) is 0 Å². The Morgan fingerprint density at radius 3 is 1.48 bits per heavy atom. The molecule has 123 valence electrons. The molecule has 1 saturated heterocycles. The molecule has 9 heteroatoms. The van der Waals surface area contributed by atoms with E-state index in [1.807, 2.05) is 0 Å². The molecule has 0 aliphatic carbocycles. The molecule has 0 amide bonds. The van der Waals surface area contributed by atoms with E-state index in [0.29, 0.717) is 52.4 Å². The Hall–Kier alpha value is -0.701. The number of carboxylic acid groups (broad SMARTS) is 2. The molecular weight excluding hydrogens is 319 g/mol. The third kappa shape index (κ3) is 10.6. The Kier molecular flexibility index (Phi) is 11.5. The predicted octanol–water partition coefficient (Wildman–Crippen LogP) is -0.482. The monoisotopic (exact) mass is 341 g/mol. The summed E-state index contributed by atoms with van der Waals surface area (Å²) in [5.74, 6) is -1.76. The summed E-state index contributed by atoms with van der Waals surface area (Å²) in [6.07, 6.45) is 0. The average Bonchev–Trinajstić information content (AvgIpc) is 2.34. The van der Waals surface area contributed by atoms with Gasteiger partial charge in [0.1, 0.15) is 0 Å². The van der Waals surface area contributed by atoms with Crippen molar-refractivity contribution in [2.45, 2.75) is 0 Å². The smallest absolute Gasteiger partial charge is 0.317 e. The van der Waals surface area contributed by atoms with Crippen LogP contribution in [0.2, 0.25) is 0 Å². The number of nitrogens with zero attached hydrogens (tertiary/aromatic N) is 4. The molecule has 1 radical (unpaired) electrons. The Balaban J connectivity index is 0.00000400. The maximum Gasteiger partial charge on any atom is 0.317 e. The van der Waals surface area contributed by atoms with Crippen molar-refractivity contribution in [3.63, 3.8) is 0 Å². The van der Waals surface area contributed by atoms with Crippen molar-refractivity contribution in [2.75, 3.05) is 65.4 Å². The molecule has 1 fully saturated rings. The standard InChI is InChI=1S/C12H22N4O4.Mn/c17-11(18)9-15-5-3-13-1-2-14-4-6-16(8-7-15)10-12(19)20;/h1-10H2,(H,17,18)(H,19,20);/q-2;. The van der Waals surface area contributed by atoms with E-state index in [2.05, 4.69) is 10.6 Å². The van der Waals surface area contributed by atoms with Gasteiger partial charge in [-0.05, 0) is 13.1 Å². The first-order valence-electron chi connectivity index (χ1n) is 6.72. The maximum atomic E-state index is 10.8. The quantitative estimate of drug-likeness (QED) is 0.669. The van der Waals surface area contributed by atoms with Gasteiger partial charge in [0.15, 0.2) is 0 Å². The van der Waals surface area contributed by atoms with Crippen LogP contribution < -0.4 is 0 Å². The van der Waals surface area contributed by atoms with Crippen molar-refractivity contribution < 1.29 is 36.9 Å². The summed E-state index contributed by atoms with van der Waals surface area (Å²) >= 11 is 0. The van der Waals surface area contributed by atoms with Gasteiger partial charge in [-0.3, -0.25) is 19.4 Å². The van der Waals surface area contributed by atoms with Crippen LogP contribution in [0.15, 0.2) is 0 Å². The summed E-state index contributed by atoms with van der Waals surface area (Å²) < 4.78 is 0. The number of rotatable bonds is 4. The van der Waals surface area contributed by atoms with Gasteiger partial charge in [-0.2, -0.15) is 13.1 Å². The molecule has 21 heavy (non-hydrogen) atoms. The topological polar surface area (TPSA) is 109 Å². The van der Waals surface area contributed by atoms with Gasteiger partial charge in [0.05, 0.1) is 13.1 Å². The Morgan fingerprint density at radius 1 is 0.762 bits per heavy atom. The number of hydrogen-bond acceptors (Lipinski definition) is 4. The van der Waals surface area contributed by atoms with Crippen LogP contribution in [0.4, 0.5) is 0 Å². The van der Waals surface area contributed by atoms with E-state index in [1.54, 1.807) is 9.80 Å². The third-order valence-corrected chi connectivity index (χ3v) is 3.02. The van der Waals surface area contributed by atoms with E-state index in [1.165, 1.54) is 0 Å². The van der Waals surface area contributed by atoms with E-state index in [9.17, 15) is 9.59 Å². The first kappa shape index (κ1) is 20.3. The van der Waals surface area contributed by atoms with E-state index in [-0.39, 0.29) is 30.2 Å². The Labute approximate surface area is 135 Å². The predicted molar refractivity (Wildman–Crippen MR) is 74.3 cm³/mol. The molecule has 0 bridgehead atoms. The average molecular weight is 341 g/mol. The van der Waals surface area contributed by atoms with Crippen LogP contribution >= 0.6 is 0 Å². The molecule has 0 saturated carbocycles. The van der Waals surface area contributed by atoms with Gasteiger partial charge in [-0.1, -0.05) is 0 Å². The van der Waals surface area contributed by atoms with Crippen molar-refractivity contribution in [2.24, 2.45) is 0 Å². The van der Waals surface area contributed by atoms with Crippen LogP contribution in [0.1, 0.15) is 0 Å². The Bertz CT molecular complexity index is 290. The fourth-order valence-corrected chi connectivity index (χ4v) is 1.99. The second-order valence-electron chi connectivity index (χ2n) is 4.68. The van der Waals surface area contributed by atoms with E-state index < -0.39 is 11.9 Å². The van der Waals surface area contributed by atoms with E-state index >= 15 is 0 Å². The molecule has 8 nitrogen and oxygen atoms in total. The normalized spacial score (nSPS) is 19.8. The zero-order chi connectivity index (χ0) is 14.8. The van der Waals surface area contributed by atoms with Crippen molar-refractivity contribution in [1.82, 2.24) is 9.80 Å². The summed E-state index contributed by atoms with van der Waals surface area (Å²) in [5.41, 5.74) is 0. The van der Waals surface area contributed by atoms with Gasteiger partial charge in [-0.15, -0.1) is 13.1 Å². The second-order valence-corrected chi connectivity index (χ2v) is 4.68. The summed E-state index contributed by atoms with van der Waals surface area (Å²) in [6.45, 7) is 4.56. The zero-order valence-electron chi connectivity index (χ0n) is 11.9. The van der Waals surface area contributed by atoms with Gasteiger partial charge in [0, 0.05) is 30.2 Å². The van der Waals surface area contributed by atoms with Crippen LogP contribution in [0.25, 0.3) is 10.6 Å². The number of aliphatic carboxylic acids is 2. The van der Waals surface area contributed by atoms with Crippen LogP contribution in [0.3, 0.4) is 0 Å². The first-order chi connectivity index (χ1) is 9.58. The van der Waals surface area contributed by atoms with Crippen molar-refractivity contribution in [1.29, 1.82) is 0 Å². The summed E-state index contributed by atoms with van der Waals surface area (Å²) in [6, 6.07) is 0. The second kappa shape index (κ2) is 11.9. The van der Waals surface area contributed by atoms with Crippen LogP contribution in [0.5, 0.6) is 0 Å². The number of carbonyl (C=O) groups is 2. The fourth-order valence-electron chi connectivity index (χ4n) is 1.99. The van der Waals surface area contributed by atoms with E-state index in [4.69, 9.17) is 10.2 Å². The van der Waals surface area contributed by atoms with Crippen LogP contribution in [0, 0.1) is 0 Å². The molecule has 0 aromatic rings. The summed E-state index contributed by atoms with van der Waals surface area (Å²) in [7, 11) is 0. The number of hydrogen-bond donors (Lipinski definition) is 2. The van der Waals surface area contributed by atoms with Crippen LogP contribution in [-0.4, -0.2) is 97.4 Å². The summed E-state index contributed by atoms with van der Waals surface area (Å²) in [4.78, 5) is 25.2. The molecule has 1 aliphatic heterocycles. The van der Waals surface area contributed by atoms with E-state index in [0.717, 1.165) is 0 Å². The van der Waals surface area contributed by atoms with Gasteiger partial charge in [-0.25, -0.2) is 0 Å². The molecule has 0 aromatic carbocycles. The first-order valence-corrected chi connectivity index (χ1v) is 6.72. The molecule has 1 rings (SSSR count). The molecule has 2 N–H and O–H groups in total. The van der Waals surface area contributed by atoms with Gasteiger partial charge in [0.25, 0.3) is 0 Å². The fraction of sp³-hybridized carbons (Fsp3) is 0.833. The third-order valence-electron chi connectivity index (χ3n) is 3.02. The Morgan fingerprint density at radius 2 is 1.14 bits per heavy atom. The largest absolute Gasteiger partial charge is 0.663 e. The van der Waals surface area contributed by atoms with Gasteiger partial charge < -0.3 is 20.8 Å².